The van der Waals surface area contributed by atoms with Crippen molar-refractivity contribution in [2.75, 3.05) is 6.54 Å². The summed E-state index contributed by atoms with van der Waals surface area (Å²) in [4.78, 5) is 18.5. The summed E-state index contributed by atoms with van der Waals surface area (Å²) in [6, 6.07) is 10.1. The molecule has 1 aliphatic heterocycles. The second-order valence-corrected chi connectivity index (χ2v) is 6.50. The Morgan fingerprint density at radius 3 is 2.64 bits per heavy atom. The molecule has 5 nitrogen and oxygen atoms in total. The molecule has 2 aromatic rings. The molecule has 0 radical (unpaired) electrons. The molecule has 1 aromatic heterocycles. The molecule has 0 aliphatic carbocycles. The molecule has 0 fully saturated rings. The summed E-state index contributed by atoms with van der Waals surface area (Å²) in [5, 5.41) is 0. The Hall–Kier alpha value is -2.30. The van der Waals surface area contributed by atoms with Crippen LogP contribution >= 0.6 is 0 Å². The monoisotopic (exact) mass is 299 g/mol. The Labute approximate surface area is 130 Å². The highest BCUT2D eigenvalue weighted by Gasteiger charge is 2.28. The van der Waals surface area contributed by atoms with Gasteiger partial charge in [0.25, 0.3) is 0 Å². The van der Waals surface area contributed by atoms with Gasteiger partial charge < -0.3 is 14.2 Å². The van der Waals surface area contributed by atoms with Crippen molar-refractivity contribution in [2.24, 2.45) is 0 Å². The number of rotatable bonds is 1. The Morgan fingerprint density at radius 1 is 1.23 bits per heavy atom. The van der Waals surface area contributed by atoms with E-state index in [2.05, 4.69) is 4.98 Å². The Balaban J connectivity index is 1.83. The second kappa shape index (κ2) is 5.48. The minimum atomic E-state index is -0.475. The minimum absolute atomic E-state index is 0.265. The number of fused-ring (bicyclic) bond motifs is 1. The van der Waals surface area contributed by atoms with Crippen LogP contribution in [0.25, 0.3) is 5.69 Å². The Kier molecular flexibility index (Phi) is 3.64. The van der Waals surface area contributed by atoms with Crippen LogP contribution in [0.1, 0.15) is 32.2 Å². The normalized spacial score (nSPS) is 14.6. The number of ether oxygens (including phenoxy) is 1. The summed E-state index contributed by atoms with van der Waals surface area (Å²) in [7, 11) is 0. The summed E-state index contributed by atoms with van der Waals surface area (Å²) in [5.74, 6) is 0. The fourth-order valence-corrected chi connectivity index (χ4v) is 2.58. The molecule has 3 rings (SSSR count). The summed E-state index contributed by atoms with van der Waals surface area (Å²) in [6.45, 7) is 6.82. The molecule has 1 amide bonds. The van der Waals surface area contributed by atoms with E-state index in [0.717, 1.165) is 23.5 Å². The SMILES string of the molecule is CC(C)(C)OC(=O)N1CCc2ncn(-c3ccccc3)c2C1. The topological polar surface area (TPSA) is 47.4 Å². The van der Waals surface area contributed by atoms with Gasteiger partial charge in [-0.15, -0.1) is 0 Å². The van der Waals surface area contributed by atoms with Crippen LogP contribution in [0, 0.1) is 0 Å². The summed E-state index contributed by atoms with van der Waals surface area (Å²) < 4.78 is 7.52. The zero-order valence-electron chi connectivity index (χ0n) is 13.2. The summed E-state index contributed by atoms with van der Waals surface area (Å²) in [5.41, 5.74) is 2.70. The van der Waals surface area contributed by atoms with Crippen LogP contribution in [-0.2, 0) is 17.7 Å². The molecule has 1 aliphatic rings. The Morgan fingerprint density at radius 2 is 1.95 bits per heavy atom. The number of amides is 1. The number of hydrogen-bond donors (Lipinski definition) is 0. The molecule has 0 saturated carbocycles. The molecule has 2 heterocycles. The molecule has 1 aromatic carbocycles. The molecule has 0 saturated heterocycles. The number of carbonyl (C=O) groups is 1. The largest absolute Gasteiger partial charge is 0.444 e. The number of para-hydroxylation sites is 1. The highest BCUT2D eigenvalue weighted by molar-refractivity contribution is 5.68. The predicted octanol–water partition coefficient (Wildman–Crippen LogP) is 3.17. The first-order chi connectivity index (χ1) is 10.4. The lowest BCUT2D eigenvalue weighted by Gasteiger charge is -2.30. The van der Waals surface area contributed by atoms with E-state index in [9.17, 15) is 4.79 Å². The van der Waals surface area contributed by atoms with Crippen LogP contribution in [0.3, 0.4) is 0 Å². The van der Waals surface area contributed by atoms with Crippen LogP contribution in [0.4, 0.5) is 4.79 Å². The maximum absolute atomic E-state index is 12.3. The first-order valence-electron chi connectivity index (χ1n) is 7.52. The molecule has 0 bridgehead atoms. The number of nitrogens with zero attached hydrogens (tertiary/aromatic N) is 3. The molecule has 116 valence electrons. The fourth-order valence-electron chi connectivity index (χ4n) is 2.58. The molecule has 0 atom stereocenters. The lowest BCUT2D eigenvalue weighted by atomic mass is 10.1. The average molecular weight is 299 g/mol. The van der Waals surface area contributed by atoms with E-state index in [4.69, 9.17) is 4.74 Å². The molecule has 0 unspecified atom stereocenters. The quantitative estimate of drug-likeness (QED) is 0.812. The second-order valence-electron chi connectivity index (χ2n) is 6.50. The van der Waals surface area contributed by atoms with Gasteiger partial charge in [0.1, 0.15) is 5.60 Å². The van der Waals surface area contributed by atoms with Gasteiger partial charge in [-0.1, -0.05) is 18.2 Å². The molecule has 22 heavy (non-hydrogen) atoms. The standard InChI is InChI=1S/C17H21N3O2/c1-17(2,3)22-16(21)19-10-9-14-15(11-19)20(12-18-14)13-7-5-4-6-8-13/h4-8,12H,9-11H2,1-3H3. The van der Waals surface area contributed by atoms with Crippen molar-refractivity contribution in [2.45, 2.75) is 39.3 Å². The van der Waals surface area contributed by atoms with Crippen molar-refractivity contribution < 1.29 is 9.53 Å². The van der Waals surface area contributed by atoms with Gasteiger partial charge in [-0.2, -0.15) is 0 Å². The number of carbonyl (C=O) groups excluding carboxylic acids is 1. The lowest BCUT2D eigenvalue weighted by Crippen LogP contribution is -2.40. The van der Waals surface area contributed by atoms with E-state index in [-0.39, 0.29) is 6.09 Å². The molecule has 0 N–H and O–H groups in total. The fraction of sp³-hybridized carbons (Fsp3) is 0.412. The Bertz CT molecular complexity index is 671. The van der Waals surface area contributed by atoms with Crippen molar-refractivity contribution in [1.29, 1.82) is 0 Å². The average Bonchev–Trinajstić information content (AvgIpc) is 2.89. The molecule has 0 spiro atoms. The van der Waals surface area contributed by atoms with E-state index in [1.54, 1.807) is 4.90 Å². The van der Waals surface area contributed by atoms with E-state index in [0.29, 0.717) is 13.1 Å². The van der Waals surface area contributed by atoms with E-state index >= 15 is 0 Å². The van der Waals surface area contributed by atoms with Crippen LogP contribution in [-0.4, -0.2) is 32.7 Å². The first kappa shape index (κ1) is 14.6. The highest BCUT2D eigenvalue weighted by atomic mass is 16.6. The van der Waals surface area contributed by atoms with Crippen LogP contribution in [0.15, 0.2) is 36.7 Å². The third-order valence-corrected chi connectivity index (χ3v) is 3.60. The third-order valence-electron chi connectivity index (χ3n) is 3.60. The van der Waals surface area contributed by atoms with Gasteiger partial charge in [-0.3, -0.25) is 0 Å². The first-order valence-corrected chi connectivity index (χ1v) is 7.52. The lowest BCUT2D eigenvalue weighted by molar-refractivity contribution is 0.0219. The smallest absolute Gasteiger partial charge is 0.410 e. The van der Waals surface area contributed by atoms with Crippen molar-refractivity contribution in [3.05, 3.63) is 48.0 Å². The summed E-state index contributed by atoms with van der Waals surface area (Å²) >= 11 is 0. The maximum Gasteiger partial charge on any atom is 0.410 e. The zero-order valence-corrected chi connectivity index (χ0v) is 13.2. The third kappa shape index (κ3) is 2.98. The van der Waals surface area contributed by atoms with Crippen molar-refractivity contribution in [3.8, 4) is 5.69 Å². The van der Waals surface area contributed by atoms with E-state index in [1.165, 1.54) is 0 Å². The molecular formula is C17H21N3O2. The predicted molar refractivity (Wildman–Crippen MR) is 83.9 cm³/mol. The number of benzene rings is 1. The van der Waals surface area contributed by atoms with Gasteiger partial charge in [0.05, 0.1) is 24.3 Å². The van der Waals surface area contributed by atoms with Gasteiger partial charge in [0.15, 0.2) is 0 Å². The van der Waals surface area contributed by atoms with Crippen molar-refractivity contribution in [1.82, 2.24) is 14.5 Å². The van der Waals surface area contributed by atoms with Crippen LogP contribution in [0.2, 0.25) is 0 Å². The molecular weight excluding hydrogens is 278 g/mol. The maximum atomic E-state index is 12.3. The van der Waals surface area contributed by atoms with Gasteiger partial charge >= 0.3 is 6.09 Å². The molecule has 5 heteroatoms. The van der Waals surface area contributed by atoms with Crippen molar-refractivity contribution in [3.63, 3.8) is 0 Å². The number of hydrogen-bond acceptors (Lipinski definition) is 3. The van der Waals surface area contributed by atoms with Gasteiger partial charge in [0.2, 0.25) is 0 Å². The summed E-state index contributed by atoms with van der Waals surface area (Å²) in [6.07, 6.45) is 2.33. The van der Waals surface area contributed by atoms with Crippen LogP contribution < -0.4 is 0 Å². The minimum Gasteiger partial charge on any atom is -0.444 e. The van der Waals surface area contributed by atoms with Crippen LogP contribution in [0.5, 0.6) is 0 Å². The van der Waals surface area contributed by atoms with Gasteiger partial charge in [-0.25, -0.2) is 9.78 Å². The number of imidazole rings is 1. The van der Waals surface area contributed by atoms with Gasteiger partial charge in [0, 0.05) is 18.7 Å². The number of aromatic nitrogens is 2. The van der Waals surface area contributed by atoms with Crippen molar-refractivity contribution >= 4 is 6.09 Å². The zero-order chi connectivity index (χ0) is 15.7. The van der Waals surface area contributed by atoms with E-state index in [1.807, 2.05) is 62.0 Å². The van der Waals surface area contributed by atoms with Gasteiger partial charge in [-0.05, 0) is 32.9 Å². The highest BCUT2D eigenvalue weighted by Crippen LogP contribution is 2.23. The van der Waals surface area contributed by atoms with E-state index < -0.39 is 5.60 Å².